The minimum atomic E-state index is -0.339. The zero-order valence-corrected chi connectivity index (χ0v) is 15.8. The van der Waals surface area contributed by atoms with E-state index in [9.17, 15) is 14.0 Å². The Morgan fingerprint density at radius 1 is 1.22 bits per heavy atom. The molecule has 0 aliphatic carbocycles. The zero-order chi connectivity index (χ0) is 19.2. The van der Waals surface area contributed by atoms with E-state index in [1.807, 2.05) is 5.38 Å². The maximum Gasteiger partial charge on any atom is 0.260 e. The highest BCUT2D eigenvalue weighted by Gasteiger charge is 2.22. The fourth-order valence-corrected chi connectivity index (χ4v) is 3.49. The average Bonchev–Trinajstić information content (AvgIpc) is 3.07. The zero-order valence-electron chi connectivity index (χ0n) is 15.0. The van der Waals surface area contributed by atoms with E-state index in [-0.39, 0.29) is 24.2 Å². The lowest BCUT2D eigenvalue weighted by molar-refractivity contribution is -0.135. The molecule has 27 heavy (non-hydrogen) atoms. The molecule has 0 bridgehead atoms. The number of carbonyl (C=O) groups excluding carboxylic acids is 2. The van der Waals surface area contributed by atoms with Crippen molar-refractivity contribution in [2.75, 3.05) is 38.1 Å². The van der Waals surface area contributed by atoms with Crippen molar-refractivity contribution in [1.82, 2.24) is 14.8 Å². The molecule has 1 aliphatic rings. The van der Waals surface area contributed by atoms with Gasteiger partial charge in [-0.15, -0.1) is 11.3 Å². The first-order valence-electron chi connectivity index (χ1n) is 8.60. The molecular formula is C18H21FN4O3S. The summed E-state index contributed by atoms with van der Waals surface area (Å²) < 4.78 is 18.3. The Kier molecular flexibility index (Phi) is 6.36. The van der Waals surface area contributed by atoms with Crippen molar-refractivity contribution in [3.05, 3.63) is 41.2 Å². The topological polar surface area (TPSA) is 74.8 Å². The van der Waals surface area contributed by atoms with Gasteiger partial charge in [-0.05, 0) is 24.3 Å². The van der Waals surface area contributed by atoms with Crippen LogP contribution in [-0.4, -0.2) is 59.4 Å². The van der Waals surface area contributed by atoms with Gasteiger partial charge in [-0.2, -0.15) is 0 Å². The van der Waals surface area contributed by atoms with Crippen LogP contribution in [0.5, 0.6) is 5.75 Å². The monoisotopic (exact) mass is 392 g/mol. The van der Waals surface area contributed by atoms with Crippen LogP contribution in [0.1, 0.15) is 12.6 Å². The quantitative estimate of drug-likeness (QED) is 0.814. The van der Waals surface area contributed by atoms with Crippen molar-refractivity contribution < 1.29 is 18.7 Å². The largest absolute Gasteiger partial charge is 0.484 e. The molecule has 0 unspecified atom stereocenters. The Hall–Kier alpha value is -2.52. The van der Waals surface area contributed by atoms with Gasteiger partial charge in [0.05, 0.1) is 5.69 Å². The smallest absolute Gasteiger partial charge is 0.260 e. The Morgan fingerprint density at radius 3 is 2.59 bits per heavy atom. The first-order chi connectivity index (χ1) is 13.0. The summed E-state index contributed by atoms with van der Waals surface area (Å²) in [4.78, 5) is 31.7. The van der Waals surface area contributed by atoms with Crippen LogP contribution in [0.25, 0.3) is 0 Å². The first kappa shape index (κ1) is 19.2. The number of ether oxygens (including phenoxy) is 1. The molecule has 0 radical (unpaired) electrons. The summed E-state index contributed by atoms with van der Waals surface area (Å²) in [6, 6.07) is 5.61. The number of anilines is 1. The number of aromatic nitrogens is 1. The van der Waals surface area contributed by atoms with Crippen LogP contribution < -0.4 is 10.1 Å². The molecule has 1 aromatic heterocycles. The predicted molar refractivity (Wildman–Crippen MR) is 100 cm³/mol. The van der Waals surface area contributed by atoms with Gasteiger partial charge in [0.1, 0.15) is 11.6 Å². The number of rotatable bonds is 6. The molecule has 0 spiro atoms. The maximum atomic E-state index is 12.9. The average molecular weight is 392 g/mol. The molecular weight excluding hydrogens is 371 g/mol. The summed E-state index contributed by atoms with van der Waals surface area (Å²) >= 11 is 1.40. The molecule has 144 valence electrons. The second-order valence-corrected chi connectivity index (χ2v) is 7.08. The Bertz CT molecular complexity index is 788. The number of amides is 2. The van der Waals surface area contributed by atoms with Gasteiger partial charge >= 0.3 is 0 Å². The lowest BCUT2D eigenvalue weighted by Gasteiger charge is -2.34. The van der Waals surface area contributed by atoms with E-state index in [0.717, 1.165) is 18.8 Å². The second kappa shape index (κ2) is 8.92. The van der Waals surface area contributed by atoms with Crippen molar-refractivity contribution in [2.24, 2.45) is 0 Å². The van der Waals surface area contributed by atoms with Crippen molar-refractivity contribution >= 4 is 28.3 Å². The third-order valence-electron chi connectivity index (χ3n) is 4.12. The van der Waals surface area contributed by atoms with Gasteiger partial charge in [0.2, 0.25) is 5.91 Å². The first-order valence-corrected chi connectivity index (χ1v) is 9.48. The number of hydrogen-bond acceptors (Lipinski definition) is 6. The molecule has 3 rings (SSSR count). The molecule has 0 atom stereocenters. The van der Waals surface area contributed by atoms with E-state index in [0.29, 0.717) is 30.5 Å². The van der Waals surface area contributed by atoms with Gasteiger partial charge in [0, 0.05) is 45.0 Å². The third-order valence-corrected chi connectivity index (χ3v) is 4.93. The fourth-order valence-electron chi connectivity index (χ4n) is 2.74. The molecule has 2 aromatic rings. The standard InChI is InChI=1S/C18H21FN4O3S/c1-13(24)20-18-21-15(12-27-18)10-22-6-8-23(9-7-22)17(25)11-26-16-4-2-14(19)3-5-16/h2-5,12H,6-11H2,1H3,(H,20,21,24). The summed E-state index contributed by atoms with van der Waals surface area (Å²) in [6.45, 7) is 4.81. The minimum Gasteiger partial charge on any atom is -0.484 e. The molecule has 1 saturated heterocycles. The molecule has 1 aromatic carbocycles. The highest BCUT2D eigenvalue weighted by atomic mass is 32.1. The van der Waals surface area contributed by atoms with Gasteiger partial charge in [-0.3, -0.25) is 14.5 Å². The number of hydrogen-bond donors (Lipinski definition) is 1. The minimum absolute atomic E-state index is 0.0577. The fraction of sp³-hybridized carbons (Fsp3) is 0.389. The Labute approximate surface area is 160 Å². The highest BCUT2D eigenvalue weighted by Crippen LogP contribution is 2.17. The SMILES string of the molecule is CC(=O)Nc1nc(CN2CCN(C(=O)COc3ccc(F)cc3)CC2)cs1. The van der Waals surface area contributed by atoms with Gasteiger partial charge in [0.25, 0.3) is 5.91 Å². The van der Waals surface area contributed by atoms with E-state index < -0.39 is 0 Å². The summed E-state index contributed by atoms with van der Waals surface area (Å²) in [5.41, 5.74) is 0.906. The van der Waals surface area contributed by atoms with Crippen LogP contribution >= 0.6 is 11.3 Å². The molecule has 2 heterocycles. The molecule has 7 nitrogen and oxygen atoms in total. The molecule has 1 N–H and O–H groups in total. The van der Waals surface area contributed by atoms with Crippen LogP contribution in [0, 0.1) is 5.82 Å². The number of nitrogens with one attached hydrogen (secondary N) is 1. The van der Waals surface area contributed by atoms with Gasteiger partial charge in [0.15, 0.2) is 11.7 Å². The number of thiazole rings is 1. The lowest BCUT2D eigenvalue weighted by Crippen LogP contribution is -2.49. The number of piperazine rings is 1. The van der Waals surface area contributed by atoms with Crippen LogP contribution in [0.15, 0.2) is 29.6 Å². The number of halogens is 1. The van der Waals surface area contributed by atoms with Crippen LogP contribution in [-0.2, 0) is 16.1 Å². The van der Waals surface area contributed by atoms with Crippen LogP contribution in [0.2, 0.25) is 0 Å². The summed E-state index contributed by atoms with van der Waals surface area (Å²) in [6.07, 6.45) is 0. The highest BCUT2D eigenvalue weighted by molar-refractivity contribution is 7.13. The van der Waals surface area contributed by atoms with Crippen molar-refractivity contribution in [3.8, 4) is 5.75 Å². The molecule has 1 aliphatic heterocycles. The van der Waals surface area contributed by atoms with Crippen molar-refractivity contribution in [1.29, 1.82) is 0 Å². The Balaban J connectivity index is 1.41. The van der Waals surface area contributed by atoms with E-state index in [1.165, 1.54) is 42.5 Å². The second-order valence-electron chi connectivity index (χ2n) is 6.22. The van der Waals surface area contributed by atoms with E-state index in [2.05, 4.69) is 15.2 Å². The van der Waals surface area contributed by atoms with Gasteiger partial charge in [-0.25, -0.2) is 9.37 Å². The van der Waals surface area contributed by atoms with Crippen LogP contribution in [0.4, 0.5) is 9.52 Å². The predicted octanol–water partition coefficient (Wildman–Crippen LogP) is 1.96. The van der Waals surface area contributed by atoms with Gasteiger partial charge in [-0.1, -0.05) is 0 Å². The summed E-state index contributed by atoms with van der Waals surface area (Å²) in [7, 11) is 0. The third kappa shape index (κ3) is 5.73. The summed E-state index contributed by atoms with van der Waals surface area (Å²) in [5.74, 6) is -0.0811. The number of carbonyl (C=O) groups is 2. The van der Waals surface area contributed by atoms with E-state index in [4.69, 9.17) is 4.74 Å². The lowest BCUT2D eigenvalue weighted by atomic mass is 10.3. The molecule has 0 saturated carbocycles. The number of nitrogens with zero attached hydrogens (tertiary/aromatic N) is 3. The molecule has 9 heteroatoms. The maximum absolute atomic E-state index is 12.9. The normalized spacial score (nSPS) is 14.8. The Morgan fingerprint density at radius 2 is 1.93 bits per heavy atom. The van der Waals surface area contributed by atoms with E-state index in [1.54, 1.807) is 4.90 Å². The molecule has 1 fully saturated rings. The van der Waals surface area contributed by atoms with Crippen molar-refractivity contribution in [3.63, 3.8) is 0 Å². The van der Waals surface area contributed by atoms with E-state index >= 15 is 0 Å². The van der Waals surface area contributed by atoms with Crippen LogP contribution in [0.3, 0.4) is 0 Å². The summed E-state index contributed by atoms with van der Waals surface area (Å²) in [5, 5.41) is 5.21. The number of benzene rings is 1. The van der Waals surface area contributed by atoms with Gasteiger partial charge < -0.3 is 15.0 Å². The molecule has 2 amide bonds. The van der Waals surface area contributed by atoms with Crippen molar-refractivity contribution in [2.45, 2.75) is 13.5 Å².